The molecule has 71 heavy (non-hydrogen) atoms. The van der Waals surface area contributed by atoms with Crippen molar-refractivity contribution >= 4 is 17.6 Å². The molecule has 14 nitrogen and oxygen atoms in total. The Morgan fingerprint density at radius 2 is 0.958 bits per heavy atom. The molecule has 0 aliphatic carbocycles. The van der Waals surface area contributed by atoms with Gasteiger partial charge in [0.25, 0.3) is 0 Å². The molecule has 3 N–H and O–H groups in total. The van der Waals surface area contributed by atoms with Gasteiger partial charge < -0.3 is 39.3 Å². The lowest BCUT2D eigenvalue weighted by Crippen LogP contribution is -2.38. The summed E-state index contributed by atoms with van der Waals surface area (Å²) in [7, 11) is 0. The van der Waals surface area contributed by atoms with Crippen molar-refractivity contribution in [3.8, 4) is 5.88 Å². The fourth-order valence-corrected chi connectivity index (χ4v) is 8.83. The van der Waals surface area contributed by atoms with Gasteiger partial charge in [0, 0.05) is 51.0 Å². The number of aliphatic hydroxyl groups is 1. The van der Waals surface area contributed by atoms with Crippen molar-refractivity contribution in [1.82, 2.24) is 29.6 Å². The maximum atomic E-state index is 9.55. The van der Waals surface area contributed by atoms with Crippen LogP contribution in [0.5, 0.6) is 5.88 Å². The Kier molecular flexibility index (Phi) is 23.7. The zero-order valence-electron chi connectivity index (χ0n) is 41.0. The molecule has 2 aromatic heterocycles. The van der Waals surface area contributed by atoms with E-state index in [1.807, 2.05) is 12.1 Å². The maximum Gasteiger partial charge on any atom is 0.328 e. The van der Waals surface area contributed by atoms with E-state index >= 15 is 0 Å². The molecule has 6 aromatic rings. The van der Waals surface area contributed by atoms with Crippen LogP contribution < -0.4 is 4.74 Å². The number of carboxylic acids is 2. The standard InChI is InChI=1S/C29H35N5O2.C24H33NO2.C4H4O4/c1(2-10-22-35-28-16-15-27-31-30-23-34(27)32-28)9-19-33-20-17-26(18-21-33)36-29(24-11-5-3-6-12-24)25-13-7-4-8-14-25;26-20-10-2-1-9-17-25-18-15-23(16-19-25)27-24(21-11-5-3-6-12-21)22-13-7-4-8-14-22;5-3(6)1-2-4(7)8/h3-8,11-16,23,26,29H,1-2,9-10,17-22H2;3-8,11-14,23-24,26H,1-2,9-10,15-20H2;1-2H,(H,5,6)(H,7,8). The van der Waals surface area contributed by atoms with Crippen molar-refractivity contribution in [1.29, 1.82) is 0 Å². The number of hydrogen-bond donors (Lipinski definition) is 3. The number of carbonyl (C=O) groups is 2. The quantitative estimate of drug-likeness (QED) is 0.0387. The van der Waals surface area contributed by atoms with Gasteiger partial charge in [0.2, 0.25) is 5.88 Å². The molecule has 4 aromatic carbocycles. The number of ether oxygens (including phenoxy) is 3. The molecule has 0 amide bonds. The first-order valence-corrected chi connectivity index (χ1v) is 25.3. The Balaban J connectivity index is 0.000000208. The molecular formula is C57H72N6O8. The number of aromatic nitrogens is 4. The molecule has 378 valence electrons. The van der Waals surface area contributed by atoms with E-state index in [0.29, 0.717) is 43.5 Å². The van der Waals surface area contributed by atoms with E-state index in [9.17, 15) is 9.59 Å². The summed E-state index contributed by atoms with van der Waals surface area (Å²) in [4.78, 5) is 24.3. The topological polar surface area (TPSA) is 172 Å². The first kappa shape index (κ1) is 54.1. The number of piperidine rings is 2. The molecule has 8 rings (SSSR count). The highest BCUT2D eigenvalue weighted by molar-refractivity contribution is 5.89. The van der Waals surface area contributed by atoms with Crippen LogP contribution in [-0.2, 0) is 19.1 Å². The molecule has 0 atom stereocenters. The van der Waals surface area contributed by atoms with Gasteiger partial charge in [0.1, 0.15) is 18.5 Å². The lowest BCUT2D eigenvalue weighted by atomic mass is 10.00. The van der Waals surface area contributed by atoms with Crippen molar-refractivity contribution in [2.75, 3.05) is 52.5 Å². The molecule has 0 unspecified atom stereocenters. The third-order valence-electron chi connectivity index (χ3n) is 12.6. The lowest BCUT2D eigenvalue weighted by Gasteiger charge is -2.34. The Morgan fingerprint density at radius 3 is 1.37 bits per heavy atom. The lowest BCUT2D eigenvalue weighted by molar-refractivity contribution is -0.134. The zero-order chi connectivity index (χ0) is 49.7. The number of fused-ring (bicyclic) bond motifs is 1. The number of rotatable bonds is 24. The predicted molar refractivity (Wildman–Crippen MR) is 275 cm³/mol. The Morgan fingerprint density at radius 1 is 0.549 bits per heavy atom. The van der Waals surface area contributed by atoms with Crippen LogP contribution in [0, 0.1) is 0 Å². The predicted octanol–water partition coefficient (Wildman–Crippen LogP) is 9.86. The van der Waals surface area contributed by atoms with E-state index in [4.69, 9.17) is 29.5 Å². The minimum Gasteiger partial charge on any atom is -0.478 e. The first-order chi connectivity index (χ1) is 34.8. The molecule has 0 bridgehead atoms. The minimum absolute atomic E-state index is 0.0000943. The van der Waals surface area contributed by atoms with Gasteiger partial charge in [-0.05, 0) is 92.8 Å². The van der Waals surface area contributed by atoms with Crippen LogP contribution in [0.25, 0.3) is 5.65 Å². The Hall–Kier alpha value is -6.29. The van der Waals surface area contributed by atoms with Crippen LogP contribution in [0.2, 0.25) is 0 Å². The summed E-state index contributed by atoms with van der Waals surface area (Å²) in [5, 5.41) is 36.6. The van der Waals surface area contributed by atoms with E-state index in [2.05, 4.69) is 146 Å². The van der Waals surface area contributed by atoms with Gasteiger partial charge >= 0.3 is 11.9 Å². The number of aliphatic hydroxyl groups excluding tert-OH is 1. The summed E-state index contributed by atoms with van der Waals surface area (Å²) in [6.07, 6.45) is 16.9. The summed E-state index contributed by atoms with van der Waals surface area (Å²) >= 11 is 0. The van der Waals surface area contributed by atoms with E-state index in [-0.39, 0.29) is 12.2 Å². The highest BCUT2D eigenvalue weighted by atomic mass is 16.5. The molecule has 14 heteroatoms. The van der Waals surface area contributed by atoms with Gasteiger partial charge in [-0.1, -0.05) is 147 Å². The minimum atomic E-state index is -1.26. The van der Waals surface area contributed by atoms with Crippen LogP contribution in [0.4, 0.5) is 0 Å². The monoisotopic (exact) mass is 969 g/mol. The Labute approximate surface area is 418 Å². The highest BCUT2D eigenvalue weighted by Crippen LogP contribution is 2.31. The van der Waals surface area contributed by atoms with Gasteiger partial charge in [-0.2, -0.15) is 4.52 Å². The Bertz CT molecular complexity index is 2300. The fourth-order valence-electron chi connectivity index (χ4n) is 8.83. The molecule has 2 saturated heterocycles. The van der Waals surface area contributed by atoms with Crippen LogP contribution in [0.1, 0.15) is 112 Å². The van der Waals surface area contributed by atoms with E-state index in [0.717, 1.165) is 76.8 Å². The number of hydrogen-bond acceptors (Lipinski definition) is 11. The molecule has 4 heterocycles. The van der Waals surface area contributed by atoms with E-state index in [1.165, 1.54) is 67.4 Å². The number of aliphatic carboxylic acids is 2. The largest absolute Gasteiger partial charge is 0.478 e. The van der Waals surface area contributed by atoms with Crippen LogP contribution >= 0.6 is 0 Å². The van der Waals surface area contributed by atoms with Crippen LogP contribution in [-0.4, -0.2) is 122 Å². The fraction of sp³-hybridized carbons (Fsp3) is 0.421. The van der Waals surface area contributed by atoms with Gasteiger partial charge in [-0.25, -0.2) is 9.59 Å². The van der Waals surface area contributed by atoms with Gasteiger partial charge in [-0.3, -0.25) is 0 Å². The molecule has 0 spiro atoms. The molecule has 2 aliphatic heterocycles. The van der Waals surface area contributed by atoms with Gasteiger partial charge in [-0.15, -0.1) is 15.3 Å². The number of likely N-dealkylation sites (tertiary alicyclic amines) is 2. The van der Waals surface area contributed by atoms with E-state index < -0.39 is 11.9 Å². The second kappa shape index (κ2) is 31.1. The van der Waals surface area contributed by atoms with Crippen molar-refractivity contribution in [3.05, 3.63) is 174 Å². The van der Waals surface area contributed by atoms with Gasteiger partial charge in [0.15, 0.2) is 5.65 Å². The van der Waals surface area contributed by atoms with Crippen LogP contribution in [0.15, 0.2) is 152 Å². The average molecular weight is 969 g/mol. The van der Waals surface area contributed by atoms with Crippen molar-refractivity contribution in [3.63, 3.8) is 0 Å². The van der Waals surface area contributed by atoms with Crippen molar-refractivity contribution < 1.29 is 39.1 Å². The molecule has 0 radical (unpaired) electrons. The van der Waals surface area contributed by atoms with E-state index in [1.54, 1.807) is 10.8 Å². The molecule has 2 aliphatic rings. The summed E-state index contributed by atoms with van der Waals surface area (Å²) in [6.45, 7) is 7.84. The van der Waals surface area contributed by atoms with Crippen molar-refractivity contribution in [2.24, 2.45) is 0 Å². The second-order valence-electron chi connectivity index (χ2n) is 18.0. The normalized spacial score (nSPS) is 14.8. The summed E-state index contributed by atoms with van der Waals surface area (Å²) in [5.74, 6) is -1.89. The third-order valence-corrected chi connectivity index (χ3v) is 12.6. The maximum absolute atomic E-state index is 9.55. The highest BCUT2D eigenvalue weighted by Gasteiger charge is 2.26. The number of unbranched alkanes of at least 4 members (excludes halogenated alkanes) is 6. The number of nitrogens with zero attached hydrogens (tertiary/aromatic N) is 6. The summed E-state index contributed by atoms with van der Waals surface area (Å²) < 4.78 is 20.7. The smallest absolute Gasteiger partial charge is 0.328 e. The second-order valence-corrected chi connectivity index (χ2v) is 18.0. The summed E-state index contributed by atoms with van der Waals surface area (Å²) in [5.41, 5.74) is 5.64. The van der Waals surface area contributed by atoms with Crippen molar-refractivity contribution in [2.45, 2.75) is 101 Å². The number of benzene rings is 4. The summed E-state index contributed by atoms with van der Waals surface area (Å²) in [6, 6.07) is 46.1. The number of carboxylic acid groups (broad SMARTS) is 2. The SMILES string of the molecule is O=C(O)C=CC(=O)O.OCCCCCCN1CCC(OC(c2ccccc2)c2ccccc2)CC1.c1ccc(C(OC2CCN(CCCCCCOc3ccc4nncn4n3)CC2)c2ccccc2)cc1. The van der Waals surface area contributed by atoms with Gasteiger partial charge in [0.05, 0.1) is 18.8 Å². The average Bonchev–Trinajstić information content (AvgIpc) is 3.89. The first-order valence-electron chi connectivity index (χ1n) is 25.3. The zero-order valence-corrected chi connectivity index (χ0v) is 41.0. The third kappa shape index (κ3) is 19.8. The van der Waals surface area contributed by atoms with Crippen LogP contribution in [0.3, 0.4) is 0 Å². The molecule has 0 saturated carbocycles. The molecule has 2 fully saturated rings. The molecular weight excluding hydrogens is 897 g/mol.